The second-order valence-corrected chi connectivity index (χ2v) is 13.3. The quantitative estimate of drug-likeness (QED) is 0.332. The molecule has 0 N–H and O–H groups in total. The van der Waals surface area contributed by atoms with E-state index in [2.05, 4.69) is 0 Å². The standard InChI is InChI=1S/C33H42N2O7/c1-32(2,3)41-30(37)34-15-7-9-21(34)19-39-23-11-13-25-26-14-12-24(18-28(26)29(36)27(25)17-23)40-20-22-10-8-16-35(22)31(38)42-33(4,5)6/h11-14,17-18,21-22H,7-10,15-16,19-20H2,1-6H3. The monoisotopic (exact) mass is 578 g/mol. The molecule has 2 amide bonds. The second-order valence-electron chi connectivity index (χ2n) is 13.3. The van der Waals surface area contributed by atoms with Gasteiger partial charge in [0.2, 0.25) is 0 Å². The molecule has 42 heavy (non-hydrogen) atoms. The molecule has 2 aromatic carbocycles. The largest absolute Gasteiger partial charge is 0.491 e. The Bertz CT molecular complexity index is 1260. The zero-order valence-corrected chi connectivity index (χ0v) is 25.5. The minimum Gasteiger partial charge on any atom is -0.491 e. The van der Waals surface area contributed by atoms with Gasteiger partial charge in [-0.2, -0.15) is 0 Å². The average Bonchev–Trinajstić information content (AvgIpc) is 3.63. The van der Waals surface area contributed by atoms with E-state index < -0.39 is 11.2 Å². The number of likely N-dealkylation sites (tertiary alicyclic amines) is 2. The number of carbonyl (C=O) groups excluding carboxylic acids is 3. The van der Waals surface area contributed by atoms with Gasteiger partial charge in [-0.15, -0.1) is 0 Å². The maximum Gasteiger partial charge on any atom is 0.410 e. The highest BCUT2D eigenvalue weighted by Crippen LogP contribution is 2.40. The zero-order chi connectivity index (χ0) is 30.2. The van der Waals surface area contributed by atoms with E-state index in [0.29, 0.717) is 48.9 Å². The van der Waals surface area contributed by atoms with E-state index in [1.54, 1.807) is 21.9 Å². The average molecular weight is 579 g/mol. The lowest BCUT2D eigenvalue weighted by Crippen LogP contribution is -2.42. The van der Waals surface area contributed by atoms with Crippen LogP contribution in [0.15, 0.2) is 36.4 Å². The Labute approximate surface area is 248 Å². The van der Waals surface area contributed by atoms with E-state index in [4.69, 9.17) is 18.9 Å². The van der Waals surface area contributed by atoms with Crippen molar-refractivity contribution in [1.82, 2.24) is 9.80 Å². The number of hydrogen-bond donors (Lipinski definition) is 0. The van der Waals surface area contributed by atoms with Crippen molar-refractivity contribution in [3.05, 3.63) is 47.5 Å². The zero-order valence-electron chi connectivity index (χ0n) is 25.5. The van der Waals surface area contributed by atoms with Crippen LogP contribution in [0.4, 0.5) is 9.59 Å². The number of ketones is 1. The summed E-state index contributed by atoms with van der Waals surface area (Å²) in [4.78, 5) is 42.1. The van der Waals surface area contributed by atoms with E-state index in [0.717, 1.165) is 36.8 Å². The van der Waals surface area contributed by atoms with Crippen LogP contribution in [0.25, 0.3) is 11.1 Å². The van der Waals surface area contributed by atoms with Crippen LogP contribution in [-0.2, 0) is 9.47 Å². The fourth-order valence-corrected chi connectivity index (χ4v) is 5.74. The molecule has 5 rings (SSSR count). The third-order valence-corrected chi connectivity index (χ3v) is 7.66. The van der Waals surface area contributed by atoms with Crippen molar-refractivity contribution in [2.24, 2.45) is 0 Å². The molecule has 2 atom stereocenters. The van der Waals surface area contributed by atoms with Crippen molar-refractivity contribution in [1.29, 1.82) is 0 Å². The summed E-state index contributed by atoms with van der Waals surface area (Å²) < 4.78 is 23.3. The summed E-state index contributed by atoms with van der Waals surface area (Å²) in [6, 6.07) is 11.0. The van der Waals surface area contributed by atoms with Crippen LogP contribution in [0.1, 0.15) is 83.1 Å². The summed E-state index contributed by atoms with van der Waals surface area (Å²) >= 11 is 0. The number of rotatable bonds is 6. The van der Waals surface area contributed by atoms with Gasteiger partial charge in [-0.25, -0.2) is 9.59 Å². The molecule has 0 bridgehead atoms. The summed E-state index contributed by atoms with van der Waals surface area (Å²) in [5.74, 6) is 1.10. The van der Waals surface area contributed by atoms with Crippen LogP contribution >= 0.6 is 0 Å². The number of nitrogens with zero attached hydrogens (tertiary/aromatic N) is 2. The molecule has 3 aliphatic rings. The second kappa shape index (κ2) is 11.5. The first-order chi connectivity index (χ1) is 19.8. The molecule has 1 aliphatic carbocycles. The van der Waals surface area contributed by atoms with E-state index in [1.165, 1.54) is 0 Å². The molecular formula is C33H42N2O7. The van der Waals surface area contributed by atoms with Crippen molar-refractivity contribution in [3.8, 4) is 22.6 Å². The Kier molecular flexibility index (Phi) is 8.14. The van der Waals surface area contributed by atoms with Gasteiger partial charge < -0.3 is 28.7 Å². The summed E-state index contributed by atoms with van der Waals surface area (Å²) in [5.41, 5.74) is 1.78. The van der Waals surface area contributed by atoms with Crippen molar-refractivity contribution in [3.63, 3.8) is 0 Å². The Morgan fingerprint density at radius 2 is 1.10 bits per heavy atom. The molecule has 0 radical (unpaired) electrons. The fourth-order valence-electron chi connectivity index (χ4n) is 5.74. The molecule has 2 unspecified atom stereocenters. The lowest BCUT2D eigenvalue weighted by molar-refractivity contribution is 0.0178. The predicted octanol–water partition coefficient (Wildman–Crippen LogP) is 6.45. The molecule has 2 heterocycles. The van der Waals surface area contributed by atoms with Crippen LogP contribution in [0.5, 0.6) is 11.5 Å². The highest BCUT2D eigenvalue weighted by molar-refractivity contribution is 6.22. The summed E-state index contributed by atoms with van der Waals surface area (Å²) in [5, 5.41) is 0. The molecule has 2 fully saturated rings. The predicted molar refractivity (Wildman–Crippen MR) is 158 cm³/mol. The molecule has 0 spiro atoms. The van der Waals surface area contributed by atoms with Gasteiger partial charge in [0.05, 0.1) is 12.1 Å². The lowest BCUT2D eigenvalue weighted by Gasteiger charge is -2.28. The molecule has 9 heteroatoms. The van der Waals surface area contributed by atoms with Gasteiger partial charge in [0.15, 0.2) is 5.78 Å². The van der Waals surface area contributed by atoms with E-state index in [1.807, 2.05) is 65.8 Å². The highest BCUT2D eigenvalue weighted by atomic mass is 16.6. The van der Waals surface area contributed by atoms with Crippen molar-refractivity contribution in [2.75, 3.05) is 26.3 Å². The Balaban J connectivity index is 1.21. The lowest BCUT2D eigenvalue weighted by atomic mass is 10.1. The number of fused-ring (bicyclic) bond motifs is 3. The number of carbonyl (C=O) groups is 3. The molecule has 226 valence electrons. The number of hydrogen-bond acceptors (Lipinski definition) is 7. The topological polar surface area (TPSA) is 94.6 Å². The van der Waals surface area contributed by atoms with Gasteiger partial charge in [0.25, 0.3) is 0 Å². The Morgan fingerprint density at radius 3 is 1.48 bits per heavy atom. The molecule has 2 aromatic rings. The summed E-state index contributed by atoms with van der Waals surface area (Å²) in [7, 11) is 0. The minimum atomic E-state index is -0.553. The number of amides is 2. The normalized spacial score (nSPS) is 19.9. The van der Waals surface area contributed by atoms with Crippen molar-refractivity contribution < 1.29 is 33.3 Å². The van der Waals surface area contributed by atoms with E-state index in [9.17, 15) is 14.4 Å². The third-order valence-electron chi connectivity index (χ3n) is 7.66. The van der Waals surface area contributed by atoms with Crippen molar-refractivity contribution in [2.45, 2.75) is 90.5 Å². The number of benzene rings is 2. The van der Waals surface area contributed by atoms with Crippen LogP contribution in [0.3, 0.4) is 0 Å². The van der Waals surface area contributed by atoms with Gasteiger partial charge in [-0.3, -0.25) is 4.79 Å². The molecular weight excluding hydrogens is 536 g/mol. The SMILES string of the molecule is CC(C)(C)OC(=O)N1CCCC1COc1ccc2c(c1)C(=O)c1cc(OCC3CCCN3C(=O)OC(C)(C)C)ccc1-2. The first-order valence-electron chi connectivity index (χ1n) is 14.9. The number of ether oxygens (including phenoxy) is 4. The minimum absolute atomic E-state index is 0.0770. The van der Waals surface area contributed by atoms with E-state index >= 15 is 0 Å². The van der Waals surface area contributed by atoms with Crippen LogP contribution in [0, 0.1) is 0 Å². The first kappa shape index (κ1) is 29.7. The Hall–Kier alpha value is -3.75. The van der Waals surface area contributed by atoms with Crippen LogP contribution < -0.4 is 9.47 Å². The molecule has 9 nitrogen and oxygen atoms in total. The van der Waals surface area contributed by atoms with Gasteiger partial charge in [0, 0.05) is 24.2 Å². The molecule has 2 aliphatic heterocycles. The molecule has 2 saturated heterocycles. The smallest absolute Gasteiger partial charge is 0.410 e. The van der Waals surface area contributed by atoms with E-state index in [-0.39, 0.29) is 30.1 Å². The van der Waals surface area contributed by atoms with Crippen LogP contribution in [-0.4, -0.2) is 77.4 Å². The molecule has 0 aromatic heterocycles. The van der Waals surface area contributed by atoms with Gasteiger partial charge in [0.1, 0.15) is 35.9 Å². The Morgan fingerprint density at radius 1 is 0.690 bits per heavy atom. The summed E-state index contributed by atoms with van der Waals surface area (Å²) in [6.45, 7) is 13.1. The van der Waals surface area contributed by atoms with Crippen molar-refractivity contribution >= 4 is 18.0 Å². The van der Waals surface area contributed by atoms with Gasteiger partial charge in [-0.05, 0) is 115 Å². The maximum atomic E-state index is 13.4. The van der Waals surface area contributed by atoms with Gasteiger partial charge in [-0.1, -0.05) is 0 Å². The first-order valence-corrected chi connectivity index (χ1v) is 14.9. The van der Waals surface area contributed by atoms with Gasteiger partial charge >= 0.3 is 12.2 Å². The third kappa shape index (κ3) is 6.66. The van der Waals surface area contributed by atoms with Crippen LogP contribution in [0.2, 0.25) is 0 Å². The highest BCUT2D eigenvalue weighted by Gasteiger charge is 2.34. The fraction of sp³-hybridized carbons (Fsp3) is 0.545. The summed E-state index contributed by atoms with van der Waals surface area (Å²) in [6.07, 6.45) is 2.83. The maximum absolute atomic E-state index is 13.4. The molecule has 0 saturated carbocycles.